The lowest BCUT2D eigenvalue weighted by molar-refractivity contribution is 0.0552. The third-order valence-corrected chi connectivity index (χ3v) is 4.28. The van der Waals surface area contributed by atoms with E-state index >= 15 is 0 Å². The predicted molar refractivity (Wildman–Crippen MR) is 60.2 cm³/mol. The first-order chi connectivity index (χ1) is 6.62. The summed E-state index contributed by atoms with van der Waals surface area (Å²) in [7, 11) is 0. The molecule has 2 rings (SSSR count). The Morgan fingerprint density at radius 2 is 2.00 bits per heavy atom. The maximum atomic E-state index is 6.41. The van der Waals surface area contributed by atoms with Gasteiger partial charge < -0.3 is 10.6 Å². The lowest BCUT2D eigenvalue weighted by Gasteiger charge is -2.49. The highest BCUT2D eigenvalue weighted by molar-refractivity contribution is 5.00. The van der Waals surface area contributed by atoms with Crippen molar-refractivity contribution in [1.82, 2.24) is 4.90 Å². The maximum absolute atomic E-state index is 6.41. The molecule has 0 radical (unpaired) electrons. The lowest BCUT2D eigenvalue weighted by atomic mass is 9.66. The van der Waals surface area contributed by atoms with Crippen LogP contribution in [0.2, 0.25) is 0 Å². The molecule has 1 atom stereocenters. The quantitative estimate of drug-likeness (QED) is 0.732. The lowest BCUT2D eigenvalue weighted by Crippen LogP contribution is -2.58. The number of rotatable bonds is 2. The highest BCUT2D eigenvalue weighted by atomic mass is 15.2. The van der Waals surface area contributed by atoms with E-state index in [1.165, 1.54) is 45.2 Å². The number of nitrogens with two attached hydrogens (primary N) is 1. The summed E-state index contributed by atoms with van der Waals surface area (Å²) in [4.78, 5) is 2.60. The van der Waals surface area contributed by atoms with Crippen LogP contribution in [0, 0.1) is 5.92 Å². The minimum absolute atomic E-state index is 0.216. The molecule has 0 bridgehead atoms. The monoisotopic (exact) mass is 196 g/mol. The summed E-state index contributed by atoms with van der Waals surface area (Å²) in [5, 5.41) is 0. The number of nitrogens with zero attached hydrogens (tertiary/aromatic N) is 1. The first-order valence-electron chi connectivity index (χ1n) is 6.15. The zero-order valence-corrected chi connectivity index (χ0v) is 9.63. The minimum atomic E-state index is 0.216. The van der Waals surface area contributed by atoms with E-state index < -0.39 is 0 Å². The number of hydrogen-bond acceptors (Lipinski definition) is 2. The van der Waals surface area contributed by atoms with Gasteiger partial charge in [0.1, 0.15) is 0 Å². The molecule has 1 aliphatic heterocycles. The van der Waals surface area contributed by atoms with E-state index in [1.54, 1.807) is 0 Å². The van der Waals surface area contributed by atoms with Gasteiger partial charge in [0.15, 0.2) is 0 Å². The van der Waals surface area contributed by atoms with Crippen molar-refractivity contribution in [2.45, 2.75) is 57.5 Å². The summed E-state index contributed by atoms with van der Waals surface area (Å²) in [6.07, 6.45) is 6.60. The fourth-order valence-electron chi connectivity index (χ4n) is 2.94. The van der Waals surface area contributed by atoms with Crippen LogP contribution in [-0.2, 0) is 0 Å². The van der Waals surface area contributed by atoms with Gasteiger partial charge in [0, 0.05) is 18.1 Å². The van der Waals surface area contributed by atoms with Gasteiger partial charge in [-0.1, -0.05) is 0 Å². The molecule has 1 unspecified atom stereocenters. The Bertz CT molecular complexity index is 196. The van der Waals surface area contributed by atoms with E-state index in [0.29, 0.717) is 6.04 Å². The highest BCUT2D eigenvalue weighted by Crippen LogP contribution is 2.40. The molecule has 2 fully saturated rings. The van der Waals surface area contributed by atoms with Gasteiger partial charge in [0.25, 0.3) is 0 Å². The molecule has 2 heteroatoms. The van der Waals surface area contributed by atoms with Crippen molar-refractivity contribution in [1.29, 1.82) is 0 Å². The van der Waals surface area contributed by atoms with Gasteiger partial charge in [-0.3, -0.25) is 0 Å². The van der Waals surface area contributed by atoms with Gasteiger partial charge in [0.05, 0.1) is 0 Å². The molecule has 0 spiro atoms. The van der Waals surface area contributed by atoms with E-state index in [-0.39, 0.29) is 5.54 Å². The van der Waals surface area contributed by atoms with Crippen LogP contribution in [0.4, 0.5) is 0 Å². The summed E-state index contributed by atoms with van der Waals surface area (Å²) in [5.74, 6) is 0.771. The smallest absolute Gasteiger partial charge is 0.0195 e. The van der Waals surface area contributed by atoms with Gasteiger partial charge in [-0.25, -0.2) is 0 Å². The second kappa shape index (κ2) is 3.82. The van der Waals surface area contributed by atoms with Crippen molar-refractivity contribution in [3.05, 3.63) is 0 Å². The topological polar surface area (TPSA) is 29.3 Å². The number of piperidine rings is 1. The zero-order valence-electron chi connectivity index (χ0n) is 9.63. The average molecular weight is 196 g/mol. The van der Waals surface area contributed by atoms with Crippen LogP contribution in [0.3, 0.4) is 0 Å². The van der Waals surface area contributed by atoms with Crippen LogP contribution in [0.25, 0.3) is 0 Å². The van der Waals surface area contributed by atoms with Crippen LogP contribution in [-0.4, -0.2) is 29.6 Å². The summed E-state index contributed by atoms with van der Waals surface area (Å²) in [5.41, 5.74) is 6.63. The molecular formula is C12H24N2. The summed E-state index contributed by atoms with van der Waals surface area (Å²) < 4.78 is 0. The molecule has 1 saturated heterocycles. The normalized spacial score (nSPS) is 33.0. The fourth-order valence-corrected chi connectivity index (χ4v) is 2.94. The van der Waals surface area contributed by atoms with Crippen molar-refractivity contribution < 1.29 is 0 Å². The molecule has 82 valence electrons. The Morgan fingerprint density at radius 1 is 1.29 bits per heavy atom. The van der Waals surface area contributed by atoms with E-state index in [4.69, 9.17) is 5.73 Å². The first kappa shape index (κ1) is 10.4. The molecule has 1 aliphatic carbocycles. The largest absolute Gasteiger partial charge is 0.325 e. The SMILES string of the molecule is CC(C)N1CCCC(C2(N)CCC2)C1. The van der Waals surface area contributed by atoms with Crippen molar-refractivity contribution in [2.24, 2.45) is 11.7 Å². The summed E-state index contributed by atoms with van der Waals surface area (Å²) in [6.45, 7) is 7.12. The Balaban J connectivity index is 1.93. The molecule has 0 aromatic rings. The van der Waals surface area contributed by atoms with Crippen molar-refractivity contribution in [2.75, 3.05) is 13.1 Å². The standard InChI is InChI=1S/C12H24N2/c1-10(2)14-8-3-5-11(9-14)12(13)6-4-7-12/h10-11H,3-9,13H2,1-2H3. The predicted octanol–water partition coefficient (Wildman–Crippen LogP) is 1.99. The molecule has 1 heterocycles. The second-order valence-electron chi connectivity index (χ2n) is 5.51. The van der Waals surface area contributed by atoms with E-state index in [1.807, 2.05) is 0 Å². The van der Waals surface area contributed by atoms with Crippen LogP contribution in [0.1, 0.15) is 46.0 Å². The van der Waals surface area contributed by atoms with E-state index in [0.717, 1.165) is 5.92 Å². The molecule has 1 saturated carbocycles. The first-order valence-corrected chi connectivity index (χ1v) is 6.15. The van der Waals surface area contributed by atoms with Gasteiger partial charge in [0.2, 0.25) is 0 Å². The molecule has 0 amide bonds. The molecule has 2 nitrogen and oxygen atoms in total. The van der Waals surface area contributed by atoms with Crippen LogP contribution < -0.4 is 5.73 Å². The highest BCUT2D eigenvalue weighted by Gasteiger charge is 2.42. The Kier molecular flexibility index (Phi) is 2.85. The van der Waals surface area contributed by atoms with E-state index in [2.05, 4.69) is 18.7 Å². The van der Waals surface area contributed by atoms with Crippen LogP contribution in [0.15, 0.2) is 0 Å². The Hall–Kier alpha value is -0.0800. The fraction of sp³-hybridized carbons (Fsp3) is 1.00. The third kappa shape index (κ3) is 1.82. The van der Waals surface area contributed by atoms with Gasteiger partial charge in [-0.05, 0) is 58.4 Å². The third-order valence-electron chi connectivity index (χ3n) is 4.28. The van der Waals surface area contributed by atoms with Crippen molar-refractivity contribution >= 4 is 0 Å². The summed E-state index contributed by atoms with van der Waals surface area (Å²) in [6, 6.07) is 0.696. The van der Waals surface area contributed by atoms with Gasteiger partial charge >= 0.3 is 0 Å². The number of likely N-dealkylation sites (tertiary alicyclic amines) is 1. The Labute approximate surface area is 87.8 Å². The van der Waals surface area contributed by atoms with Crippen LogP contribution in [0.5, 0.6) is 0 Å². The minimum Gasteiger partial charge on any atom is -0.325 e. The molecule has 2 N–H and O–H groups in total. The number of hydrogen-bond donors (Lipinski definition) is 1. The second-order valence-corrected chi connectivity index (χ2v) is 5.51. The summed E-state index contributed by atoms with van der Waals surface area (Å²) >= 11 is 0. The molecule has 0 aromatic heterocycles. The van der Waals surface area contributed by atoms with Crippen molar-refractivity contribution in [3.63, 3.8) is 0 Å². The molecule has 0 aromatic carbocycles. The molecular weight excluding hydrogens is 172 g/mol. The Morgan fingerprint density at radius 3 is 2.50 bits per heavy atom. The zero-order chi connectivity index (χ0) is 10.2. The van der Waals surface area contributed by atoms with Crippen LogP contribution >= 0.6 is 0 Å². The van der Waals surface area contributed by atoms with Gasteiger partial charge in [-0.2, -0.15) is 0 Å². The maximum Gasteiger partial charge on any atom is 0.0195 e. The average Bonchev–Trinajstić information content (AvgIpc) is 2.14. The molecule has 14 heavy (non-hydrogen) atoms. The van der Waals surface area contributed by atoms with E-state index in [9.17, 15) is 0 Å². The van der Waals surface area contributed by atoms with Crippen molar-refractivity contribution in [3.8, 4) is 0 Å². The molecule has 2 aliphatic rings. The van der Waals surface area contributed by atoms with Gasteiger partial charge in [-0.15, -0.1) is 0 Å².